The van der Waals surface area contributed by atoms with E-state index in [4.69, 9.17) is 17.3 Å². The molecule has 11 heteroatoms. The summed E-state index contributed by atoms with van der Waals surface area (Å²) in [5.41, 5.74) is 6.95. The van der Waals surface area contributed by atoms with Gasteiger partial charge in [-0.05, 0) is 49.9 Å². The first kappa shape index (κ1) is 23.9. The summed E-state index contributed by atoms with van der Waals surface area (Å²) in [5.74, 6) is -1.15. The van der Waals surface area contributed by atoms with Crippen molar-refractivity contribution >= 4 is 56.6 Å². The largest absolute Gasteiger partial charge is 0.369 e. The molecule has 0 bridgehead atoms. The van der Waals surface area contributed by atoms with Crippen LogP contribution in [0.3, 0.4) is 0 Å². The Morgan fingerprint density at radius 1 is 1.24 bits per heavy atom. The zero-order chi connectivity index (χ0) is 24.6. The smallest absolute Gasteiger partial charge is 0.264 e. The van der Waals surface area contributed by atoms with Gasteiger partial charge in [-0.2, -0.15) is 0 Å². The van der Waals surface area contributed by atoms with Crippen molar-refractivity contribution < 1.29 is 14.4 Å². The highest BCUT2D eigenvalue weighted by Gasteiger charge is 2.29. The number of aryl methyl sites for hydroxylation is 2. The molecule has 3 heterocycles. The van der Waals surface area contributed by atoms with E-state index in [1.54, 1.807) is 30.0 Å². The maximum atomic E-state index is 13.1. The van der Waals surface area contributed by atoms with Crippen LogP contribution in [0.5, 0.6) is 0 Å². The molecule has 3 N–H and O–H groups in total. The number of rotatable bonds is 5. The van der Waals surface area contributed by atoms with Gasteiger partial charge in [-0.1, -0.05) is 17.7 Å². The fourth-order valence-corrected chi connectivity index (χ4v) is 5.30. The number of fused-ring (bicyclic) bond motifs is 1. The van der Waals surface area contributed by atoms with Crippen LogP contribution in [0, 0.1) is 19.8 Å². The van der Waals surface area contributed by atoms with E-state index in [2.05, 4.69) is 10.3 Å². The van der Waals surface area contributed by atoms with E-state index in [-0.39, 0.29) is 29.8 Å². The van der Waals surface area contributed by atoms with Crippen LogP contribution in [0.1, 0.15) is 33.6 Å². The predicted octanol–water partition coefficient (Wildman–Crippen LogP) is 2.70. The standard InChI is InChI=1S/C23H24ClN5O4S/c1-12-3-4-15(9-16(12)24)27-17(30)10-29-11-26-21-18(22(29)32)13(2)19(34-21)23(33)28-7-5-14(6-8-28)20(25)31/h3-4,9,11,14H,5-8,10H2,1-2H3,(H2,25,31)(H,27,30). The van der Waals surface area contributed by atoms with Gasteiger partial charge in [0, 0.05) is 29.7 Å². The molecule has 0 atom stereocenters. The Kier molecular flexibility index (Phi) is 6.72. The van der Waals surface area contributed by atoms with Gasteiger partial charge in [-0.15, -0.1) is 11.3 Å². The normalized spacial score (nSPS) is 14.4. The SMILES string of the molecule is Cc1ccc(NC(=O)Cn2cnc3sc(C(=O)N4CCC(C(N)=O)CC4)c(C)c3c2=O)cc1Cl. The molecule has 1 saturated heterocycles. The van der Waals surface area contributed by atoms with E-state index in [1.165, 1.54) is 10.9 Å². The van der Waals surface area contributed by atoms with E-state index in [0.717, 1.165) is 16.9 Å². The third kappa shape index (κ3) is 4.69. The summed E-state index contributed by atoms with van der Waals surface area (Å²) in [6, 6.07) is 5.17. The molecule has 178 valence electrons. The lowest BCUT2D eigenvalue weighted by atomic mass is 9.96. The fourth-order valence-electron chi connectivity index (χ4n) is 4.01. The zero-order valence-corrected chi connectivity index (χ0v) is 20.3. The first-order valence-electron chi connectivity index (χ1n) is 10.8. The number of benzene rings is 1. The Bertz CT molecular complexity index is 1360. The first-order chi connectivity index (χ1) is 16.2. The van der Waals surface area contributed by atoms with Crippen LogP contribution < -0.4 is 16.6 Å². The molecule has 1 aromatic carbocycles. The Balaban J connectivity index is 1.53. The van der Waals surface area contributed by atoms with Gasteiger partial charge in [0.05, 0.1) is 16.6 Å². The summed E-state index contributed by atoms with van der Waals surface area (Å²) >= 11 is 7.26. The van der Waals surface area contributed by atoms with Gasteiger partial charge in [0.1, 0.15) is 11.4 Å². The minimum atomic E-state index is -0.398. The van der Waals surface area contributed by atoms with Crippen molar-refractivity contribution in [1.29, 1.82) is 0 Å². The molecule has 3 aromatic rings. The zero-order valence-electron chi connectivity index (χ0n) is 18.8. The molecule has 0 spiro atoms. The van der Waals surface area contributed by atoms with E-state index < -0.39 is 5.91 Å². The number of hydrogen-bond donors (Lipinski definition) is 2. The number of hydrogen-bond acceptors (Lipinski definition) is 6. The second-order valence-corrected chi connectivity index (χ2v) is 9.80. The van der Waals surface area contributed by atoms with Crippen molar-refractivity contribution in [3.63, 3.8) is 0 Å². The number of thiophene rings is 1. The first-order valence-corrected chi connectivity index (χ1v) is 12.0. The van der Waals surface area contributed by atoms with E-state index in [9.17, 15) is 19.2 Å². The number of piperidine rings is 1. The summed E-state index contributed by atoms with van der Waals surface area (Å²) in [6.07, 6.45) is 2.36. The van der Waals surface area contributed by atoms with Gasteiger partial charge in [0.15, 0.2) is 0 Å². The number of carbonyl (C=O) groups excluding carboxylic acids is 3. The maximum absolute atomic E-state index is 13.1. The second-order valence-electron chi connectivity index (χ2n) is 8.39. The number of anilines is 1. The molecule has 1 aliphatic rings. The Morgan fingerprint density at radius 2 is 1.94 bits per heavy atom. The Hall–Kier alpha value is -3.24. The summed E-state index contributed by atoms with van der Waals surface area (Å²) in [6.45, 7) is 4.21. The monoisotopic (exact) mass is 501 g/mol. The highest BCUT2D eigenvalue weighted by atomic mass is 35.5. The Morgan fingerprint density at radius 3 is 2.59 bits per heavy atom. The number of amides is 3. The quantitative estimate of drug-likeness (QED) is 0.555. The molecule has 0 saturated carbocycles. The van der Waals surface area contributed by atoms with Gasteiger partial charge in [-0.3, -0.25) is 23.7 Å². The van der Waals surface area contributed by atoms with Gasteiger partial charge < -0.3 is 16.0 Å². The molecule has 9 nitrogen and oxygen atoms in total. The topological polar surface area (TPSA) is 127 Å². The van der Waals surface area contributed by atoms with E-state index >= 15 is 0 Å². The number of primary amides is 1. The van der Waals surface area contributed by atoms with Crippen molar-refractivity contribution in [2.24, 2.45) is 11.7 Å². The number of likely N-dealkylation sites (tertiary alicyclic amines) is 1. The van der Waals surface area contributed by atoms with Gasteiger partial charge in [0.2, 0.25) is 11.8 Å². The van der Waals surface area contributed by atoms with Crippen LogP contribution in [-0.4, -0.2) is 45.3 Å². The Labute approximate surface area is 204 Å². The van der Waals surface area contributed by atoms with Crippen molar-refractivity contribution in [3.05, 3.63) is 55.9 Å². The highest BCUT2D eigenvalue weighted by molar-refractivity contribution is 7.20. The van der Waals surface area contributed by atoms with Gasteiger partial charge in [0.25, 0.3) is 11.5 Å². The number of aromatic nitrogens is 2. The van der Waals surface area contributed by atoms with Gasteiger partial charge in [-0.25, -0.2) is 4.98 Å². The lowest BCUT2D eigenvalue weighted by molar-refractivity contribution is -0.123. The lowest BCUT2D eigenvalue weighted by Gasteiger charge is -2.30. The highest BCUT2D eigenvalue weighted by Crippen LogP contribution is 2.29. The summed E-state index contributed by atoms with van der Waals surface area (Å²) in [7, 11) is 0. The molecule has 4 rings (SSSR count). The second kappa shape index (κ2) is 9.55. The van der Waals surface area contributed by atoms with Crippen LogP contribution in [0.15, 0.2) is 29.3 Å². The molecule has 1 aliphatic heterocycles. The van der Waals surface area contributed by atoms with Crippen LogP contribution in [0.2, 0.25) is 5.02 Å². The molecule has 0 unspecified atom stereocenters. The van der Waals surface area contributed by atoms with Crippen molar-refractivity contribution in [1.82, 2.24) is 14.5 Å². The average Bonchev–Trinajstić information content (AvgIpc) is 3.14. The predicted molar refractivity (Wildman–Crippen MR) is 131 cm³/mol. The summed E-state index contributed by atoms with van der Waals surface area (Å²) < 4.78 is 1.22. The molecule has 34 heavy (non-hydrogen) atoms. The van der Waals surface area contributed by atoms with E-state index in [0.29, 0.717) is 57.3 Å². The van der Waals surface area contributed by atoms with E-state index in [1.807, 2.05) is 6.92 Å². The molecule has 0 aliphatic carbocycles. The minimum Gasteiger partial charge on any atom is -0.369 e. The van der Waals surface area contributed by atoms with Crippen LogP contribution in [0.4, 0.5) is 5.69 Å². The number of carbonyl (C=O) groups is 3. The third-order valence-corrected chi connectivity index (χ3v) is 7.66. The van der Waals surface area contributed by atoms with Crippen LogP contribution in [0.25, 0.3) is 10.2 Å². The molecule has 0 radical (unpaired) electrons. The summed E-state index contributed by atoms with van der Waals surface area (Å²) in [4.78, 5) is 57.0. The van der Waals surface area contributed by atoms with Crippen LogP contribution in [-0.2, 0) is 16.1 Å². The van der Waals surface area contributed by atoms with Crippen molar-refractivity contribution in [2.75, 3.05) is 18.4 Å². The molecule has 3 amide bonds. The molecular formula is C23H24ClN5O4S. The third-order valence-electron chi connectivity index (χ3n) is 6.07. The molecular weight excluding hydrogens is 478 g/mol. The summed E-state index contributed by atoms with van der Waals surface area (Å²) in [5, 5.41) is 3.58. The maximum Gasteiger partial charge on any atom is 0.264 e. The molecule has 1 fully saturated rings. The van der Waals surface area contributed by atoms with Crippen molar-refractivity contribution in [3.8, 4) is 0 Å². The van der Waals surface area contributed by atoms with Crippen LogP contribution >= 0.6 is 22.9 Å². The number of nitrogens with one attached hydrogen (secondary N) is 1. The number of nitrogens with zero attached hydrogens (tertiary/aromatic N) is 3. The molecule has 2 aromatic heterocycles. The lowest BCUT2D eigenvalue weighted by Crippen LogP contribution is -2.41. The average molecular weight is 502 g/mol. The van der Waals surface area contributed by atoms with Gasteiger partial charge >= 0.3 is 0 Å². The minimum absolute atomic E-state index is 0.191. The number of nitrogens with two attached hydrogens (primary N) is 1. The fraction of sp³-hybridized carbons (Fsp3) is 0.348. The van der Waals surface area contributed by atoms with Crippen molar-refractivity contribution in [2.45, 2.75) is 33.2 Å². The number of halogens is 1.